The highest BCUT2D eigenvalue weighted by atomic mass is 32.2. The Hall–Kier alpha value is -5.14. The molecule has 17 nitrogen and oxygen atoms in total. The number of methoxy groups -OCH3 is 2. The van der Waals surface area contributed by atoms with Crippen LogP contribution in [0.15, 0.2) is 71.8 Å². The molecule has 0 aromatic heterocycles. The number of ketones is 2. The van der Waals surface area contributed by atoms with Gasteiger partial charge in [-0.2, -0.15) is 0 Å². The summed E-state index contributed by atoms with van der Waals surface area (Å²) in [6.45, 7) is 16.0. The number of amides is 1. The average molecular weight is 994 g/mol. The summed E-state index contributed by atoms with van der Waals surface area (Å²) in [7, 11) is 2.76. The largest absolute Gasteiger partial charge is 0.455 e. The number of fused-ring (bicyclic) bond motifs is 5. The molecule has 3 fully saturated rings. The first-order valence-electron chi connectivity index (χ1n) is 23.4. The summed E-state index contributed by atoms with van der Waals surface area (Å²) in [5, 5.41) is 16.7. The first-order valence-corrected chi connectivity index (χ1v) is 24.6. The number of nitrogens with one attached hydrogen (secondary N) is 1. The van der Waals surface area contributed by atoms with Crippen LogP contribution in [0.3, 0.4) is 0 Å². The van der Waals surface area contributed by atoms with E-state index in [1.807, 2.05) is 0 Å². The van der Waals surface area contributed by atoms with Gasteiger partial charge in [-0.15, -0.1) is 11.8 Å². The molecule has 4 aliphatic rings. The molecule has 3 unspecified atom stereocenters. The zero-order valence-electron chi connectivity index (χ0n) is 42.0. The molecule has 0 spiro atoms. The van der Waals surface area contributed by atoms with Crippen molar-refractivity contribution in [3.63, 3.8) is 0 Å². The number of aliphatic hydroxyl groups is 1. The van der Waals surface area contributed by atoms with Crippen molar-refractivity contribution in [2.45, 2.75) is 142 Å². The van der Waals surface area contributed by atoms with E-state index in [-0.39, 0.29) is 47.4 Å². The lowest BCUT2D eigenvalue weighted by Gasteiger charge is -2.67. The van der Waals surface area contributed by atoms with E-state index in [0.717, 1.165) is 11.8 Å². The number of esters is 4. The molecule has 2 aromatic rings. The third kappa shape index (κ3) is 10.3. The van der Waals surface area contributed by atoms with Crippen molar-refractivity contribution in [3.8, 4) is 0 Å². The highest BCUT2D eigenvalue weighted by molar-refractivity contribution is 8.00. The van der Waals surface area contributed by atoms with Crippen LogP contribution in [0.25, 0.3) is 0 Å². The van der Waals surface area contributed by atoms with Gasteiger partial charge in [0.25, 0.3) is 0 Å². The minimum Gasteiger partial charge on any atom is -0.455 e. The summed E-state index contributed by atoms with van der Waals surface area (Å²) in [5.41, 5.74) is -7.24. The van der Waals surface area contributed by atoms with Gasteiger partial charge in [0.1, 0.15) is 47.4 Å². The van der Waals surface area contributed by atoms with E-state index in [2.05, 4.69) is 5.32 Å². The summed E-state index contributed by atoms with van der Waals surface area (Å²) in [6.07, 6.45) is -9.70. The quantitative estimate of drug-likeness (QED) is 0.110. The highest BCUT2D eigenvalue weighted by Crippen LogP contribution is 2.65. The molecular formula is C52H67NO16S. The zero-order valence-corrected chi connectivity index (χ0v) is 42.8. The second-order valence-corrected chi connectivity index (χ2v) is 21.6. The number of rotatable bonds is 16. The van der Waals surface area contributed by atoms with Crippen LogP contribution in [-0.2, 0) is 61.9 Å². The smallest absolute Gasteiger partial charge is 0.408 e. The summed E-state index contributed by atoms with van der Waals surface area (Å²) in [4.78, 5) is 98.4. The number of alkyl carbamates (subject to hydrolysis) is 1. The van der Waals surface area contributed by atoms with Gasteiger partial charge in [0.05, 0.1) is 41.1 Å². The Bertz CT molecular complexity index is 2350. The molecule has 1 saturated heterocycles. The maximum absolute atomic E-state index is 15.8. The first-order chi connectivity index (χ1) is 32.8. The van der Waals surface area contributed by atoms with Gasteiger partial charge < -0.3 is 48.3 Å². The maximum Gasteiger partial charge on any atom is 0.408 e. The summed E-state index contributed by atoms with van der Waals surface area (Å²) >= 11 is 0.991. The average Bonchev–Trinajstić information content (AvgIpc) is 3.28. The van der Waals surface area contributed by atoms with Crippen molar-refractivity contribution in [2.24, 2.45) is 22.7 Å². The summed E-state index contributed by atoms with van der Waals surface area (Å²) < 4.78 is 49.0. The van der Waals surface area contributed by atoms with Gasteiger partial charge in [0.2, 0.25) is 6.10 Å². The fourth-order valence-electron chi connectivity index (χ4n) is 10.7. The Kier molecular flexibility index (Phi) is 16.2. The van der Waals surface area contributed by atoms with Gasteiger partial charge in [0.15, 0.2) is 11.4 Å². The number of hydrogen-bond acceptors (Lipinski definition) is 17. The normalized spacial score (nSPS) is 29.9. The molecule has 382 valence electrons. The van der Waals surface area contributed by atoms with E-state index in [0.29, 0.717) is 11.1 Å². The van der Waals surface area contributed by atoms with Gasteiger partial charge in [0, 0.05) is 45.3 Å². The molecule has 2 aromatic carbocycles. The topological polar surface area (TPSA) is 226 Å². The fraction of sp³-hybridized carbons (Fsp3) is 0.596. The summed E-state index contributed by atoms with van der Waals surface area (Å²) in [6, 6.07) is 14.9. The second kappa shape index (κ2) is 20.9. The molecule has 2 bridgehead atoms. The second-order valence-electron chi connectivity index (χ2n) is 20.6. The number of hydrogen-bond donors (Lipinski definition) is 2. The molecule has 2 N–H and O–H groups in total. The number of thioether (sulfide) groups is 1. The van der Waals surface area contributed by atoms with Gasteiger partial charge >= 0.3 is 30.0 Å². The molecule has 6 rings (SSSR count). The van der Waals surface area contributed by atoms with Crippen LogP contribution in [0.5, 0.6) is 0 Å². The van der Waals surface area contributed by atoms with Crippen LogP contribution in [0.2, 0.25) is 0 Å². The Morgan fingerprint density at radius 3 is 2.09 bits per heavy atom. The number of Topliss-reactive ketones (excluding diaryl/α,β-unsaturated/α-hetero) is 2. The minimum absolute atomic E-state index is 0.00442. The van der Waals surface area contributed by atoms with Crippen LogP contribution < -0.4 is 5.32 Å². The van der Waals surface area contributed by atoms with Gasteiger partial charge in [-0.25, -0.2) is 14.4 Å². The molecule has 70 heavy (non-hydrogen) atoms. The minimum atomic E-state index is -2.30. The standard InChI is InChI=1S/C52H67NO16S/c1-28(2)33(55)25-70-26-37(56)66-41(39(31-19-15-13-16-20-31)53-47(60)69-48(5,6)7)46(59)65-34-24-52(61)44(67-45(58)32-21-17-14-18-22-32)42-50(10,43(57)40(63-12)38(29(34)3)49(52,8)9)35(62-11)23-36-51(42,27-64-36)68-30(4)54/h13-22,28,34-36,39-42,44,61H,23-27H2,1-12H3,(H,53,60)/t34-,35-,36?,39-,40+,41+,42?,44?,50+,51-,52+/m0/s1. The number of benzene rings is 2. The van der Waals surface area contributed by atoms with E-state index >= 15 is 9.59 Å². The molecular weight excluding hydrogens is 927 g/mol. The number of ether oxygens (including phenoxy) is 8. The number of carbonyl (C=O) groups excluding carboxylic acids is 7. The van der Waals surface area contributed by atoms with E-state index in [4.69, 9.17) is 37.9 Å². The lowest BCUT2D eigenvalue weighted by Crippen LogP contribution is -2.82. The van der Waals surface area contributed by atoms with Crippen LogP contribution >= 0.6 is 11.8 Å². The molecule has 18 heteroatoms. The van der Waals surface area contributed by atoms with Gasteiger partial charge in [-0.1, -0.05) is 76.2 Å². The number of carbonyl (C=O) groups is 7. The Morgan fingerprint density at radius 1 is 0.914 bits per heavy atom. The van der Waals surface area contributed by atoms with E-state index in [9.17, 15) is 29.1 Å². The van der Waals surface area contributed by atoms with Gasteiger partial charge in [-0.3, -0.25) is 19.2 Å². The molecule has 11 atom stereocenters. The lowest BCUT2D eigenvalue weighted by atomic mass is 9.44. The van der Waals surface area contributed by atoms with E-state index < -0.39 is 118 Å². The molecule has 3 aliphatic carbocycles. The fourth-order valence-corrected chi connectivity index (χ4v) is 11.6. The predicted octanol–water partition coefficient (Wildman–Crippen LogP) is 6.08. The third-order valence-corrected chi connectivity index (χ3v) is 15.3. The predicted molar refractivity (Wildman–Crippen MR) is 254 cm³/mol. The van der Waals surface area contributed by atoms with Crippen molar-refractivity contribution in [3.05, 3.63) is 82.9 Å². The van der Waals surface area contributed by atoms with E-state index in [1.165, 1.54) is 33.3 Å². The highest BCUT2D eigenvalue weighted by Gasteiger charge is 2.78. The van der Waals surface area contributed by atoms with Crippen molar-refractivity contribution in [1.82, 2.24) is 5.32 Å². The Balaban J connectivity index is 1.53. The van der Waals surface area contributed by atoms with Crippen LogP contribution in [0.4, 0.5) is 4.79 Å². The van der Waals surface area contributed by atoms with Crippen LogP contribution in [-0.4, -0.2) is 132 Å². The van der Waals surface area contributed by atoms with Crippen molar-refractivity contribution in [1.29, 1.82) is 0 Å². The van der Waals surface area contributed by atoms with Gasteiger partial charge in [-0.05, 0) is 63.5 Å². The summed E-state index contributed by atoms with van der Waals surface area (Å²) in [5.74, 6) is -6.32. The van der Waals surface area contributed by atoms with Crippen molar-refractivity contribution < 1.29 is 76.6 Å². The van der Waals surface area contributed by atoms with Crippen LogP contribution in [0, 0.1) is 22.7 Å². The molecule has 1 heterocycles. The maximum atomic E-state index is 15.8. The first kappa shape index (κ1) is 54.2. The van der Waals surface area contributed by atoms with Crippen molar-refractivity contribution >= 4 is 53.3 Å². The lowest BCUT2D eigenvalue weighted by molar-refractivity contribution is -0.347. The molecule has 0 radical (unpaired) electrons. The molecule has 1 aliphatic heterocycles. The Morgan fingerprint density at radius 2 is 1.54 bits per heavy atom. The van der Waals surface area contributed by atoms with Crippen molar-refractivity contribution in [2.75, 3.05) is 32.3 Å². The molecule has 2 saturated carbocycles. The SMILES string of the molecule is CO[C@H]1C(=O)[C@@]2(C)C(C(OC(=O)c3ccccc3)[C@]3(O)C[C@H](OC(=O)[C@H](OC(=O)CSCC(=O)C(C)C)[C@@H](NC(=O)OC(C)(C)C)c4ccccc4)C(C)=C1C3(C)C)[C@]1(OC(C)=O)COC1C[C@@H]2OC. The Labute approximate surface area is 413 Å². The van der Waals surface area contributed by atoms with E-state index in [1.54, 1.807) is 111 Å². The zero-order chi connectivity index (χ0) is 51.7. The monoisotopic (exact) mass is 993 g/mol. The van der Waals surface area contributed by atoms with Crippen LogP contribution in [0.1, 0.15) is 104 Å². The molecule has 1 amide bonds. The third-order valence-electron chi connectivity index (χ3n) is 14.4.